The maximum Gasteiger partial charge on any atom is 0.343 e. The SMILES string of the molecule is CCCCCCCCCCCCCCCCOc1cc(C(=O)Oc2ccc(C)cc2)cc(C(=O)Oc2ccc(C)cc2)c1. The lowest BCUT2D eigenvalue weighted by Gasteiger charge is -2.12. The highest BCUT2D eigenvalue weighted by atomic mass is 16.5. The molecule has 3 aromatic rings. The molecular formula is C38H50O5. The van der Waals surface area contributed by atoms with Gasteiger partial charge >= 0.3 is 11.9 Å². The summed E-state index contributed by atoms with van der Waals surface area (Å²) in [5.74, 6) is 0.204. The third-order valence-corrected chi connectivity index (χ3v) is 7.61. The Morgan fingerprint density at radius 1 is 0.488 bits per heavy atom. The van der Waals surface area contributed by atoms with Crippen molar-refractivity contribution in [2.75, 3.05) is 6.61 Å². The number of benzene rings is 3. The van der Waals surface area contributed by atoms with Crippen molar-refractivity contribution >= 4 is 11.9 Å². The number of hydrogen-bond donors (Lipinski definition) is 0. The number of unbranched alkanes of at least 4 members (excludes halogenated alkanes) is 13. The number of carbonyl (C=O) groups is 2. The molecule has 0 heterocycles. The summed E-state index contributed by atoms with van der Waals surface area (Å²) < 4.78 is 17.1. The van der Waals surface area contributed by atoms with E-state index in [1.807, 2.05) is 38.1 Å². The molecule has 3 aromatic carbocycles. The van der Waals surface area contributed by atoms with Gasteiger partial charge in [0, 0.05) is 0 Å². The first-order valence-electron chi connectivity index (χ1n) is 16.3. The predicted octanol–water partition coefficient (Wildman–Crippen LogP) is 10.6. The summed E-state index contributed by atoms with van der Waals surface area (Å²) in [6, 6.07) is 19.2. The van der Waals surface area contributed by atoms with Crippen LogP contribution in [0.2, 0.25) is 0 Å². The number of hydrogen-bond acceptors (Lipinski definition) is 5. The van der Waals surface area contributed by atoms with E-state index in [1.165, 1.54) is 83.1 Å². The predicted molar refractivity (Wildman–Crippen MR) is 175 cm³/mol. The van der Waals surface area contributed by atoms with Crippen LogP contribution in [0.1, 0.15) is 129 Å². The number of carbonyl (C=O) groups excluding carboxylic acids is 2. The van der Waals surface area contributed by atoms with Gasteiger partial charge in [-0.15, -0.1) is 0 Å². The molecule has 5 heteroatoms. The summed E-state index contributed by atoms with van der Waals surface area (Å²) in [7, 11) is 0. The van der Waals surface area contributed by atoms with Crippen molar-refractivity contribution in [3.63, 3.8) is 0 Å². The minimum atomic E-state index is -0.560. The average Bonchev–Trinajstić information content (AvgIpc) is 3.01. The highest BCUT2D eigenvalue weighted by Crippen LogP contribution is 2.23. The highest BCUT2D eigenvalue weighted by molar-refractivity contribution is 5.97. The second-order valence-electron chi connectivity index (χ2n) is 11.6. The van der Waals surface area contributed by atoms with Gasteiger partial charge in [-0.1, -0.05) is 126 Å². The summed E-state index contributed by atoms with van der Waals surface area (Å²) in [5.41, 5.74) is 2.60. The Hall–Kier alpha value is -3.60. The van der Waals surface area contributed by atoms with E-state index in [9.17, 15) is 9.59 Å². The van der Waals surface area contributed by atoms with Crippen LogP contribution in [0, 0.1) is 13.8 Å². The molecule has 0 aliphatic carbocycles. The van der Waals surface area contributed by atoms with Gasteiger partial charge in [0.1, 0.15) is 17.2 Å². The van der Waals surface area contributed by atoms with Gasteiger partial charge in [0.25, 0.3) is 0 Å². The van der Waals surface area contributed by atoms with E-state index in [-0.39, 0.29) is 11.1 Å². The number of rotatable bonds is 20. The molecule has 0 spiro atoms. The smallest absolute Gasteiger partial charge is 0.343 e. The zero-order chi connectivity index (χ0) is 30.7. The fraction of sp³-hybridized carbons (Fsp3) is 0.474. The molecule has 0 aromatic heterocycles. The van der Waals surface area contributed by atoms with Gasteiger partial charge in [0.15, 0.2) is 0 Å². The second-order valence-corrected chi connectivity index (χ2v) is 11.6. The third kappa shape index (κ3) is 13.5. The summed E-state index contributed by atoms with van der Waals surface area (Å²) in [6.07, 6.45) is 18.1. The normalized spacial score (nSPS) is 10.9. The van der Waals surface area contributed by atoms with E-state index in [2.05, 4.69) is 6.92 Å². The van der Waals surface area contributed by atoms with E-state index in [0.717, 1.165) is 24.0 Å². The molecular weight excluding hydrogens is 536 g/mol. The van der Waals surface area contributed by atoms with Crippen LogP contribution >= 0.6 is 0 Å². The summed E-state index contributed by atoms with van der Waals surface area (Å²) in [6.45, 7) is 6.72. The highest BCUT2D eigenvalue weighted by Gasteiger charge is 2.17. The largest absolute Gasteiger partial charge is 0.494 e. The molecule has 0 N–H and O–H groups in total. The molecule has 0 atom stereocenters. The molecule has 5 nitrogen and oxygen atoms in total. The Morgan fingerprint density at radius 3 is 1.26 bits per heavy atom. The van der Waals surface area contributed by atoms with Crippen molar-refractivity contribution in [1.82, 2.24) is 0 Å². The Morgan fingerprint density at radius 2 is 0.860 bits per heavy atom. The van der Waals surface area contributed by atoms with Crippen molar-refractivity contribution in [3.8, 4) is 17.2 Å². The zero-order valence-corrected chi connectivity index (χ0v) is 26.5. The van der Waals surface area contributed by atoms with Gasteiger partial charge in [-0.2, -0.15) is 0 Å². The molecule has 0 radical (unpaired) electrons. The standard InChI is InChI=1S/C38H50O5/c1-4-5-6-7-8-9-10-11-12-13-14-15-16-17-26-41-36-28-32(37(39)42-34-22-18-30(2)19-23-34)27-33(29-36)38(40)43-35-24-20-31(3)21-25-35/h18-25,27-29H,4-17,26H2,1-3H3. The molecule has 3 rings (SSSR count). The van der Waals surface area contributed by atoms with Crippen molar-refractivity contribution in [2.45, 2.75) is 111 Å². The molecule has 0 saturated heterocycles. The molecule has 0 fully saturated rings. The molecule has 0 unspecified atom stereocenters. The Balaban J connectivity index is 1.46. The maximum atomic E-state index is 13.0. The number of aryl methyl sites for hydroxylation is 2. The Bertz CT molecular complexity index is 1150. The van der Waals surface area contributed by atoms with Crippen molar-refractivity contribution in [3.05, 3.63) is 89.0 Å². The van der Waals surface area contributed by atoms with Crippen LogP contribution in [-0.4, -0.2) is 18.5 Å². The topological polar surface area (TPSA) is 61.8 Å². The Labute approximate surface area is 259 Å². The van der Waals surface area contributed by atoms with E-state index >= 15 is 0 Å². The average molecular weight is 587 g/mol. The van der Waals surface area contributed by atoms with Crippen LogP contribution in [0.3, 0.4) is 0 Å². The molecule has 0 bridgehead atoms. The maximum absolute atomic E-state index is 13.0. The van der Waals surface area contributed by atoms with E-state index in [0.29, 0.717) is 23.9 Å². The van der Waals surface area contributed by atoms with Crippen molar-refractivity contribution in [2.24, 2.45) is 0 Å². The quantitative estimate of drug-likeness (QED) is 0.0748. The lowest BCUT2D eigenvalue weighted by atomic mass is 10.0. The minimum absolute atomic E-state index is 0.231. The molecule has 232 valence electrons. The summed E-state index contributed by atoms with van der Waals surface area (Å²) in [4.78, 5) is 26.0. The minimum Gasteiger partial charge on any atom is -0.494 e. The molecule has 0 aliphatic rings. The monoisotopic (exact) mass is 586 g/mol. The summed E-state index contributed by atoms with van der Waals surface area (Å²) in [5, 5.41) is 0. The Kier molecular flexibility index (Phi) is 15.4. The molecule has 0 saturated carbocycles. The van der Waals surface area contributed by atoms with E-state index in [1.54, 1.807) is 36.4 Å². The fourth-order valence-electron chi connectivity index (χ4n) is 4.95. The van der Waals surface area contributed by atoms with Gasteiger partial charge in [0.05, 0.1) is 17.7 Å². The van der Waals surface area contributed by atoms with E-state index in [4.69, 9.17) is 14.2 Å². The van der Waals surface area contributed by atoms with Gasteiger partial charge in [-0.25, -0.2) is 9.59 Å². The van der Waals surface area contributed by atoms with Crippen LogP contribution in [0.25, 0.3) is 0 Å². The van der Waals surface area contributed by atoms with Crippen LogP contribution in [0.15, 0.2) is 66.7 Å². The lowest BCUT2D eigenvalue weighted by molar-refractivity contribution is 0.0734. The number of esters is 2. The van der Waals surface area contributed by atoms with E-state index < -0.39 is 11.9 Å². The van der Waals surface area contributed by atoms with Crippen LogP contribution in [-0.2, 0) is 0 Å². The third-order valence-electron chi connectivity index (χ3n) is 7.61. The summed E-state index contributed by atoms with van der Waals surface area (Å²) >= 11 is 0. The van der Waals surface area contributed by atoms with Crippen LogP contribution in [0.5, 0.6) is 17.2 Å². The first-order valence-corrected chi connectivity index (χ1v) is 16.3. The zero-order valence-electron chi connectivity index (χ0n) is 26.5. The van der Waals surface area contributed by atoms with Crippen molar-refractivity contribution < 1.29 is 23.8 Å². The molecule has 0 amide bonds. The molecule has 0 aliphatic heterocycles. The van der Waals surface area contributed by atoms with Gasteiger partial charge in [0.2, 0.25) is 0 Å². The van der Waals surface area contributed by atoms with Gasteiger partial charge in [-0.05, 0) is 62.7 Å². The van der Waals surface area contributed by atoms with Crippen LogP contribution < -0.4 is 14.2 Å². The second kappa shape index (κ2) is 19.6. The van der Waals surface area contributed by atoms with Crippen molar-refractivity contribution in [1.29, 1.82) is 0 Å². The van der Waals surface area contributed by atoms with Crippen LogP contribution in [0.4, 0.5) is 0 Å². The van der Waals surface area contributed by atoms with Gasteiger partial charge in [-0.3, -0.25) is 0 Å². The lowest BCUT2D eigenvalue weighted by Crippen LogP contribution is -2.13. The first-order chi connectivity index (χ1) is 20.9. The van der Waals surface area contributed by atoms with Gasteiger partial charge < -0.3 is 14.2 Å². The molecule has 43 heavy (non-hydrogen) atoms. The fourth-order valence-corrected chi connectivity index (χ4v) is 4.95. The first kappa shape index (κ1) is 33.9. The number of ether oxygens (including phenoxy) is 3.